The maximum atomic E-state index is 4.54. The van der Waals surface area contributed by atoms with Gasteiger partial charge in [-0.05, 0) is 23.5 Å². The molecule has 1 fully saturated rings. The zero-order chi connectivity index (χ0) is 10.9. The van der Waals surface area contributed by atoms with Crippen LogP contribution in [0.15, 0.2) is 18.3 Å². The first-order valence-corrected chi connectivity index (χ1v) is 5.70. The van der Waals surface area contributed by atoms with Crippen LogP contribution >= 0.6 is 0 Å². The molecule has 0 amide bonds. The second-order valence-electron chi connectivity index (χ2n) is 5.68. The second-order valence-corrected chi connectivity index (χ2v) is 5.68. The molecular formula is C13H20N2. The molecule has 2 heterocycles. The first-order valence-electron chi connectivity index (χ1n) is 5.70. The van der Waals surface area contributed by atoms with E-state index in [0.717, 1.165) is 19.5 Å². The van der Waals surface area contributed by atoms with Gasteiger partial charge in [0.15, 0.2) is 0 Å². The van der Waals surface area contributed by atoms with E-state index in [9.17, 15) is 0 Å². The zero-order valence-corrected chi connectivity index (χ0v) is 9.88. The Morgan fingerprint density at radius 1 is 1.33 bits per heavy atom. The molecule has 82 valence electrons. The summed E-state index contributed by atoms with van der Waals surface area (Å²) in [5.41, 5.74) is 2.91. The summed E-state index contributed by atoms with van der Waals surface area (Å²) in [4.78, 5) is 4.54. The van der Waals surface area contributed by atoms with Crippen molar-refractivity contribution in [3.8, 4) is 0 Å². The molecule has 1 aromatic heterocycles. The van der Waals surface area contributed by atoms with E-state index in [-0.39, 0.29) is 0 Å². The van der Waals surface area contributed by atoms with Crippen molar-refractivity contribution < 1.29 is 0 Å². The van der Waals surface area contributed by atoms with E-state index < -0.39 is 0 Å². The average molecular weight is 204 g/mol. The highest BCUT2D eigenvalue weighted by Crippen LogP contribution is 2.22. The highest BCUT2D eigenvalue weighted by molar-refractivity contribution is 5.21. The maximum absolute atomic E-state index is 4.54. The Bertz CT molecular complexity index is 317. The van der Waals surface area contributed by atoms with Crippen LogP contribution in [0.3, 0.4) is 0 Å². The maximum Gasteiger partial charge on any atom is 0.0409 e. The van der Waals surface area contributed by atoms with Gasteiger partial charge in [0, 0.05) is 30.9 Å². The van der Waals surface area contributed by atoms with Crippen LogP contribution in [0.5, 0.6) is 0 Å². The van der Waals surface area contributed by atoms with Gasteiger partial charge in [-0.2, -0.15) is 0 Å². The number of hydrogen-bond acceptors (Lipinski definition) is 2. The van der Waals surface area contributed by atoms with Gasteiger partial charge in [0.05, 0.1) is 0 Å². The Labute approximate surface area is 92.1 Å². The van der Waals surface area contributed by atoms with Crippen LogP contribution in [-0.2, 0) is 6.42 Å². The fourth-order valence-electron chi connectivity index (χ4n) is 1.85. The summed E-state index contributed by atoms with van der Waals surface area (Å²) in [5.74, 6) is 0.696. The molecule has 1 saturated heterocycles. The molecule has 1 N–H and O–H groups in total. The fraction of sp³-hybridized carbons (Fsp3) is 0.615. The molecule has 2 rings (SSSR count). The van der Waals surface area contributed by atoms with E-state index in [2.05, 4.69) is 43.2 Å². The summed E-state index contributed by atoms with van der Waals surface area (Å²) < 4.78 is 0. The monoisotopic (exact) mass is 204 g/mol. The molecule has 0 radical (unpaired) electrons. The Morgan fingerprint density at radius 2 is 2.07 bits per heavy atom. The number of rotatable bonds is 2. The van der Waals surface area contributed by atoms with Crippen LogP contribution in [0.25, 0.3) is 0 Å². The van der Waals surface area contributed by atoms with E-state index in [4.69, 9.17) is 0 Å². The van der Waals surface area contributed by atoms with Crippen molar-refractivity contribution in [1.82, 2.24) is 10.3 Å². The van der Waals surface area contributed by atoms with Crippen molar-refractivity contribution in [3.63, 3.8) is 0 Å². The predicted molar refractivity (Wildman–Crippen MR) is 63.0 cm³/mol. The van der Waals surface area contributed by atoms with Crippen molar-refractivity contribution in [3.05, 3.63) is 29.6 Å². The molecule has 1 aliphatic heterocycles. The van der Waals surface area contributed by atoms with Crippen molar-refractivity contribution in [2.75, 3.05) is 13.1 Å². The van der Waals surface area contributed by atoms with Gasteiger partial charge in [0.2, 0.25) is 0 Å². The molecule has 0 unspecified atom stereocenters. The molecule has 0 spiro atoms. The average Bonchev–Trinajstić information content (AvgIpc) is 2.02. The van der Waals surface area contributed by atoms with Crippen LogP contribution < -0.4 is 5.32 Å². The van der Waals surface area contributed by atoms with Crippen LogP contribution in [-0.4, -0.2) is 18.1 Å². The lowest BCUT2D eigenvalue weighted by atomic mass is 9.89. The van der Waals surface area contributed by atoms with Gasteiger partial charge in [-0.1, -0.05) is 26.8 Å². The number of hydrogen-bond donors (Lipinski definition) is 1. The molecule has 0 atom stereocenters. The van der Waals surface area contributed by atoms with Crippen molar-refractivity contribution >= 4 is 0 Å². The van der Waals surface area contributed by atoms with Crippen molar-refractivity contribution in [2.24, 2.45) is 5.41 Å². The normalized spacial score (nSPS) is 17.5. The number of pyridine rings is 1. The van der Waals surface area contributed by atoms with E-state index in [1.165, 1.54) is 11.3 Å². The molecule has 1 aliphatic rings. The van der Waals surface area contributed by atoms with Gasteiger partial charge in [0.1, 0.15) is 0 Å². The highest BCUT2D eigenvalue weighted by Gasteiger charge is 2.19. The summed E-state index contributed by atoms with van der Waals surface area (Å²) >= 11 is 0. The molecule has 1 aromatic rings. The minimum absolute atomic E-state index is 0.326. The fourth-order valence-corrected chi connectivity index (χ4v) is 1.85. The lowest BCUT2D eigenvalue weighted by Gasteiger charge is -2.27. The van der Waals surface area contributed by atoms with Gasteiger partial charge >= 0.3 is 0 Å². The van der Waals surface area contributed by atoms with E-state index >= 15 is 0 Å². The summed E-state index contributed by atoms with van der Waals surface area (Å²) in [6, 6.07) is 4.42. The summed E-state index contributed by atoms with van der Waals surface area (Å²) in [7, 11) is 0. The lowest BCUT2D eigenvalue weighted by molar-refractivity contribution is 0.405. The second kappa shape index (κ2) is 3.93. The standard InChI is InChI=1S/C13H20N2/c1-13(2,3)6-12-5-4-10(9-15-12)11-7-14-8-11/h4-5,9,11,14H,6-8H2,1-3H3. The number of nitrogens with one attached hydrogen (secondary N) is 1. The third-order valence-electron chi connectivity index (χ3n) is 2.81. The highest BCUT2D eigenvalue weighted by atomic mass is 14.9. The van der Waals surface area contributed by atoms with Gasteiger partial charge in [-0.25, -0.2) is 0 Å². The summed E-state index contributed by atoms with van der Waals surface area (Å²) in [5, 5.41) is 3.28. The minimum Gasteiger partial charge on any atom is -0.315 e. The smallest absolute Gasteiger partial charge is 0.0409 e. The predicted octanol–water partition coefficient (Wildman–Crippen LogP) is 2.36. The Hall–Kier alpha value is -0.890. The molecule has 15 heavy (non-hydrogen) atoms. The van der Waals surface area contributed by atoms with Crippen LogP contribution in [0, 0.1) is 5.41 Å². The number of nitrogens with zero attached hydrogens (tertiary/aromatic N) is 1. The lowest BCUT2D eigenvalue weighted by Crippen LogP contribution is -2.39. The minimum atomic E-state index is 0.326. The van der Waals surface area contributed by atoms with Gasteiger partial charge in [0.25, 0.3) is 0 Å². The van der Waals surface area contributed by atoms with Crippen LogP contribution in [0.2, 0.25) is 0 Å². The Balaban J connectivity index is 2.03. The molecule has 0 aromatic carbocycles. The molecule has 0 aliphatic carbocycles. The summed E-state index contributed by atoms with van der Waals surface area (Å²) in [6.07, 6.45) is 3.10. The zero-order valence-electron chi connectivity index (χ0n) is 9.88. The quantitative estimate of drug-likeness (QED) is 0.800. The van der Waals surface area contributed by atoms with E-state index in [1.54, 1.807) is 0 Å². The first kappa shape index (κ1) is 10.6. The van der Waals surface area contributed by atoms with E-state index in [0.29, 0.717) is 11.3 Å². The molecule has 2 heteroatoms. The van der Waals surface area contributed by atoms with Crippen LogP contribution in [0.1, 0.15) is 37.9 Å². The largest absolute Gasteiger partial charge is 0.315 e. The van der Waals surface area contributed by atoms with Gasteiger partial charge in [-0.3, -0.25) is 4.98 Å². The van der Waals surface area contributed by atoms with Crippen molar-refractivity contribution in [1.29, 1.82) is 0 Å². The Morgan fingerprint density at radius 3 is 2.47 bits per heavy atom. The topological polar surface area (TPSA) is 24.9 Å². The van der Waals surface area contributed by atoms with Crippen LogP contribution in [0.4, 0.5) is 0 Å². The summed E-state index contributed by atoms with van der Waals surface area (Å²) in [6.45, 7) is 8.97. The molecule has 0 bridgehead atoms. The van der Waals surface area contributed by atoms with E-state index in [1.807, 2.05) is 6.20 Å². The number of aromatic nitrogens is 1. The van der Waals surface area contributed by atoms with Crippen molar-refractivity contribution in [2.45, 2.75) is 33.1 Å². The van der Waals surface area contributed by atoms with Gasteiger partial charge < -0.3 is 5.32 Å². The van der Waals surface area contributed by atoms with Gasteiger partial charge in [-0.15, -0.1) is 0 Å². The molecule has 0 saturated carbocycles. The Kier molecular flexibility index (Phi) is 2.79. The third-order valence-corrected chi connectivity index (χ3v) is 2.81. The third kappa shape index (κ3) is 2.78. The first-order chi connectivity index (χ1) is 7.04. The SMILES string of the molecule is CC(C)(C)Cc1ccc(C2CNC2)cn1. The molecule has 2 nitrogen and oxygen atoms in total. The molecular weight excluding hydrogens is 184 g/mol.